The van der Waals surface area contributed by atoms with Gasteiger partial charge in [-0.25, -0.2) is 0 Å². The van der Waals surface area contributed by atoms with Gasteiger partial charge in [0.2, 0.25) is 0 Å². The highest BCUT2D eigenvalue weighted by Gasteiger charge is 2.28. The minimum Gasteiger partial charge on any atom is -0.314 e. The van der Waals surface area contributed by atoms with E-state index in [1.165, 1.54) is 0 Å². The molecule has 0 bridgehead atoms. The van der Waals surface area contributed by atoms with Crippen molar-refractivity contribution in [1.29, 1.82) is 0 Å². The summed E-state index contributed by atoms with van der Waals surface area (Å²) in [5, 5.41) is 3.79. The summed E-state index contributed by atoms with van der Waals surface area (Å²) in [6.07, 6.45) is 3.30. The van der Waals surface area contributed by atoms with E-state index in [9.17, 15) is 4.21 Å². The van der Waals surface area contributed by atoms with E-state index in [0.29, 0.717) is 11.3 Å². The lowest BCUT2D eigenvalue weighted by molar-refractivity contribution is 0.542. The van der Waals surface area contributed by atoms with Gasteiger partial charge in [0.15, 0.2) is 0 Å². The second-order valence-electron chi connectivity index (χ2n) is 4.30. The smallest absolute Gasteiger partial charge is 0.0561 e. The summed E-state index contributed by atoms with van der Waals surface area (Å²) in [7, 11) is -0.823. The maximum atomic E-state index is 12.3. The first kappa shape index (κ1) is 11.8. The van der Waals surface area contributed by atoms with Crippen molar-refractivity contribution in [2.24, 2.45) is 0 Å². The summed E-state index contributed by atoms with van der Waals surface area (Å²) in [6, 6.07) is 10.4. The summed E-state index contributed by atoms with van der Waals surface area (Å²) >= 11 is 0. The second kappa shape index (κ2) is 5.60. The molecule has 1 aliphatic rings. The lowest BCUT2D eigenvalue weighted by atomic mass is 10.2. The van der Waals surface area contributed by atoms with Gasteiger partial charge in [0.25, 0.3) is 0 Å². The van der Waals surface area contributed by atoms with Crippen LogP contribution in [0.25, 0.3) is 0 Å². The summed E-state index contributed by atoms with van der Waals surface area (Å²) < 4.78 is 12.3. The van der Waals surface area contributed by atoms with Crippen molar-refractivity contribution in [3.63, 3.8) is 0 Å². The summed E-state index contributed by atoms with van der Waals surface area (Å²) in [4.78, 5) is 0.977. The van der Waals surface area contributed by atoms with Crippen LogP contribution in [0.4, 0.5) is 0 Å². The van der Waals surface area contributed by atoms with E-state index in [-0.39, 0.29) is 0 Å². The van der Waals surface area contributed by atoms with Crippen LogP contribution in [0, 0.1) is 0 Å². The molecule has 88 valence electrons. The van der Waals surface area contributed by atoms with Crippen LogP contribution < -0.4 is 5.32 Å². The number of hydrogen-bond acceptors (Lipinski definition) is 2. The van der Waals surface area contributed by atoms with E-state index < -0.39 is 10.8 Å². The molecule has 0 saturated heterocycles. The Morgan fingerprint density at radius 1 is 1.31 bits per heavy atom. The van der Waals surface area contributed by atoms with Crippen molar-refractivity contribution in [2.45, 2.75) is 42.4 Å². The Morgan fingerprint density at radius 2 is 2.06 bits per heavy atom. The molecule has 0 spiro atoms. The summed E-state index contributed by atoms with van der Waals surface area (Å²) in [6.45, 7) is 3.14. The highest BCUT2D eigenvalue weighted by molar-refractivity contribution is 7.85. The van der Waals surface area contributed by atoms with Gasteiger partial charge in [-0.15, -0.1) is 0 Å². The molecule has 3 heteroatoms. The number of nitrogens with one attached hydrogen (secondary N) is 1. The fourth-order valence-corrected chi connectivity index (χ4v) is 3.92. The van der Waals surface area contributed by atoms with E-state index in [2.05, 4.69) is 12.2 Å². The average Bonchev–Trinajstić information content (AvgIpc) is 2.78. The van der Waals surface area contributed by atoms with Gasteiger partial charge in [-0.05, 0) is 37.9 Å². The van der Waals surface area contributed by atoms with Crippen LogP contribution in [-0.2, 0) is 10.8 Å². The monoisotopic (exact) mass is 237 g/mol. The SMILES string of the molecule is CCNC1CCC(S(=O)c2ccccc2)C1. The Bertz CT molecular complexity index is 352. The quantitative estimate of drug-likeness (QED) is 0.871. The van der Waals surface area contributed by atoms with Gasteiger partial charge in [0.05, 0.1) is 10.8 Å². The molecular weight excluding hydrogens is 218 g/mol. The molecule has 0 radical (unpaired) electrons. The molecule has 0 aromatic heterocycles. The fraction of sp³-hybridized carbons (Fsp3) is 0.538. The lowest BCUT2D eigenvalue weighted by Gasteiger charge is -2.11. The van der Waals surface area contributed by atoms with Crippen molar-refractivity contribution < 1.29 is 4.21 Å². The second-order valence-corrected chi connectivity index (χ2v) is 6.03. The number of hydrogen-bond donors (Lipinski definition) is 1. The normalized spacial score (nSPS) is 26.8. The minimum atomic E-state index is -0.823. The molecule has 3 unspecified atom stereocenters. The maximum Gasteiger partial charge on any atom is 0.0561 e. The zero-order valence-electron chi connectivity index (χ0n) is 9.69. The molecule has 0 amide bonds. The van der Waals surface area contributed by atoms with Crippen LogP contribution in [0.1, 0.15) is 26.2 Å². The molecule has 1 fully saturated rings. The molecule has 1 N–H and O–H groups in total. The van der Waals surface area contributed by atoms with Crippen molar-refractivity contribution in [1.82, 2.24) is 5.32 Å². The highest BCUT2D eigenvalue weighted by Crippen LogP contribution is 2.27. The van der Waals surface area contributed by atoms with Gasteiger partial charge in [0, 0.05) is 16.2 Å². The molecule has 0 aliphatic heterocycles. The van der Waals surface area contributed by atoms with Crippen LogP contribution in [0.5, 0.6) is 0 Å². The van der Waals surface area contributed by atoms with Gasteiger partial charge in [-0.2, -0.15) is 0 Å². The third-order valence-electron chi connectivity index (χ3n) is 3.16. The largest absolute Gasteiger partial charge is 0.314 e. The van der Waals surface area contributed by atoms with Crippen molar-refractivity contribution in [2.75, 3.05) is 6.54 Å². The summed E-state index contributed by atoms with van der Waals surface area (Å²) in [5.41, 5.74) is 0. The van der Waals surface area contributed by atoms with Crippen molar-refractivity contribution in [3.8, 4) is 0 Å². The van der Waals surface area contributed by atoms with Crippen molar-refractivity contribution >= 4 is 10.8 Å². The molecule has 3 atom stereocenters. The van der Waals surface area contributed by atoms with Crippen LogP contribution in [0.15, 0.2) is 35.2 Å². The molecule has 1 aromatic carbocycles. The van der Waals surface area contributed by atoms with Crippen LogP contribution in [0.2, 0.25) is 0 Å². The van der Waals surface area contributed by atoms with E-state index in [4.69, 9.17) is 0 Å². The van der Waals surface area contributed by atoms with E-state index in [1.807, 2.05) is 30.3 Å². The summed E-state index contributed by atoms with van der Waals surface area (Å²) in [5.74, 6) is 0. The van der Waals surface area contributed by atoms with Gasteiger partial charge in [0.1, 0.15) is 0 Å². The van der Waals surface area contributed by atoms with Crippen LogP contribution >= 0.6 is 0 Å². The average molecular weight is 237 g/mol. The Morgan fingerprint density at radius 3 is 2.75 bits per heavy atom. The van der Waals surface area contributed by atoms with Gasteiger partial charge in [-0.1, -0.05) is 25.1 Å². The molecule has 1 aromatic rings. The molecule has 2 rings (SSSR count). The first-order chi connectivity index (χ1) is 7.81. The predicted octanol–water partition coefficient (Wildman–Crippen LogP) is 2.32. The first-order valence-corrected chi connectivity index (χ1v) is 7.21. The van der Waals surface area contributed by atoms with E-state index >= 15 is 0 Å². The zero-order chi connectivity index (χ0) is 11.4. The first-order valence-electron chi connectivity index (χ1n) is 6.00. The number of rotatable bonds is 4. The lowest BCUT2D eigenvalue weighted by Crippen LogP contribution is -2.27. The molecular formula is C13H19NOS. The Labute approximate surface area is 99.9 Å². The van der Waals surface area contributed by atoms with E-state index in [1.54, 1.807) is 0 Å². The molecule has 0 heterocycles. The van der Waals surface area contributed by atoms with Crippen LogP contribution in [0.3, 0.4) is 0 Å². The molecule has 2 nitrogen and oxygen atoms in total. The highest BCUT2D eigenvalue weighted by atomic mass is 32.2. The van der Waals surface area contributed by atoms with Gasteiger partial charge < -0.3 is 5.32 Å². The Kier molecular flexibility index (Phi) is 4.13. The maximum absolute atomic E-state index is 12.3. The van der Waals surface area contributed by atoms with E-state index in [0.717, 1.165) is 30.7 Å². The zero-order valence-corrected chi connectivity index (χ0v) is 10.5. The predicted molar refractivity (Wildman–Crippen MR) is 68.0 cm³/mol. The Hall–Kier alpha value is -0.670. The Balaban J connectivity index is 1.97. The van der Waals surface area contributed by atoms with Crippen LogP contribution in [-0.4, -0.2) is 22.0 Å². The topological polar surface area (TPSA) is 29.1 Å². The standard InChI is InChI=1S/C13H19NOS/c1-2-14-11-8-9-13(10-11)16(15)12-6-4-3-5-7-12/h3-7,11,13-14H,2,8-10H2,1H3. The third-order valence-corrected chi connectivity index (χ3v) is 4.93. The fourth-order valence-electron chi connectivity index (χ4n) is 2.36. The third kappa shape index (κ3) is 2.71. The molecule has 1 saturated carbocycles. The van der Waals surface area contributed by atoms with Gasteiger partial charge >= 0.3 is 0 Å². The van der Waals surface area contributed by atoms with Crippen molar-refractivity contribution in [3.05, 3.63) is 30.3 Å². The number of benzene rings is 1. The van der Waals surface area contributed by atoms with Gasteiger partial charge in [-0.3, -0.25) is 4.21 Å². The molecule has 1 aliphatic carbocycles. The molecule has 16 heavy (non-hydrogen) atoms. The minimum absolute atomic E-state index is 0.339.